The van der Waals surface area contributed by atoms with Crippen molar-refractivity contribution in [2.45, 2.75) is 18.9 Å². The largest absolute Gasteiger partial charge is 0.484 e. The normalized spacial score (nSPS) is 14.9. The zero-order valence-electron chi connectivity index (χ0n) is 13.9. The number of carbonyl (C=O) groups is 2. The zero-order valence-corrected chi connectivity index (χ0v) is 15.4. The molecule has 8 heteroatoms. The van der Waals surface area contributed by atoms with Gasteiger partial charge in [-0.1, -0.05) is 23.2 Å². The van der Waals surface area contributed by atoms with E-state index in [4.69, 9.17) is 32.4 Å². The minimum Gasteiger partial charge on any atom is -0.484 e. The van der Waals surface area contributed by atoms with Gasteiger partial charge in [-0.05, 0) is 37.1 Å². The molecular formula is C18H18Cl2N2O4. The summed E-state index contributed by atoms with van der Waals surface area (Å²) >= 11 is 11.7. The Kier molecular flexibility index (Phi) is 6.06. The van der Waals surface area contributed by atoms with Crippen LogP contribution in [0.2, 0.25) is 10.0 Å². The van der Waals surface area contributed by atoms with Gasteiger partial charge >= 0.3 is 0 Å². The summed E-state index contributed by atoms with van der Waals surface area (Å²) < 4.78 is 10.6. The Morgan fingerprint density at radius 2 is 1.96 bits per heavy atom. The predicted molar refractivity (Wildman–Crippen MR) is 97.7 cm³/mol. The molecule has 0 bridgehead atoms. The Hall–Kier alpha value is -2.18. The van der Waals surface area contributed by atoms with E-state index < -0.39 is 0 Å². The molecule has 0 radical (unpaired) electrons. The number of halogens is 2. The lowest BCUT2D eigenvalue weighted by molar-refractivity contribution is -0.124. The summed E-state index contributed by atoms with van der Waals surface area (Å²) in [7, 11) is 0. The zero-order chi connectivity index (χ0) is 18.5. The fourth-order valence-corrected chi connectivity index (χ4v) is 3.06. The Balaban J connectivity index is 1.42. The molecule has 0 aliphatic carbocycles. The number of benzene rings is 1. The maximum absolute atomic E-state index is 12.2. The number of rotatable bonds is 5. The van der Waals surface area contributed by atoms with Crippen molar-refractivity contribution < 1.29 is 18.7 Å². The van der Waals surface area contributed by atoms with Gasteiger partial charge in [0.05, 0.1) is 16.3 Å². The Morgan fingerprint density at radius 3 is 2.62 bits per heavy atom. The van der Waals surface area contributed by atoms with Crippen molar-refractivity contribution in [2.24, 2.45) is 0 Å². The fourth-order valence-electron chi connectivity index (χ4n) is 2.77. The molecule has 1 aromatic carbocycles. The van der Waals surface area contributed by atoms with E-state index in [0.29, 0.717) is 47.5 Å². The highest BCUT2D eigenvalue weighted by Gasteiger charge is 2.25. The van der Waals surface area contributed by atoms with Crippen molar-refractivity contribution in [1.82, 2.24) is 10.2 Å². The number of nitrogens with one attached hydrogen (secondary N) is 1. The number of hydrogen-bond donors (Lipinski definition) is 1. The van der Waals surface area contributed by atoms with Gasteiger partial charge in [0.25, 0.3) is 11.8 Å². The molecule has 1 aliphatic heterocycles. The van der Waals surface area contributed by atoms with Crippen molar-refractivity contribution >= 4 is 35.0 Å². The summed E-state index contributed by atoms with van der Waals surface area (Å²) in [6.07, 6.45) is 2.85. The maximum Gasteiger partial charge on any atom is 0.289 e. The van der Waals surface area contributed by atoms with Crippen LogP contribution in [0.5, 0.6) is 5.75 Å². The van der Waals surface area contributed by atoms with Crippen LogP contribution < -0.4 is 10.1 Å². The minimum absolute atomic E-state index is 0.0144. The second kappa shape index (κ2) is 8.47. The molecule has 1 aromatic heterocycles. The molecule has 0 saturated carbocycles. The van der Waals surface area contributed by atoms with Gasteiger partial charge in [0.1, 0.15) is 5.75 Å². The van der Waals surface area contributed by atoms with Crippen molar-refractivity contribution in [2.75, 3.05) is 19.7 Å². The number of nitrogens with zero attached hydrogens (tertiary/aromatic N) is 1. The molecule has 1 N–H and O–H groups in total. The van der Waals surface area contributed by atoms with Crippen LogP contribution in [-0.2, 0) is 4.79 Å². The Bertz CT molecular complexity index is 772. The fraction of sp³-hybridized carbons (Fsp3) is 0.333. The van der Waals surface area contributed by atoms with Crippen molar-refractivity contribution in [1.29, 1.82) is 0 Å². The summed E-state index contributed by atoms with van der Waals surface area (Å²) in [5, 5.41) is 3.73. The maximum atomic E-state index is 12.2. The molecule has 0 atom stereocenters. The van der Waals surface area contributed by atoms with E-state index in [-0.39, 0.29) is 24.5 Å². The molecule has 2 heterocycles. The first-order chi connectivity index (χ1) is 12.5. The summed E-state index contributed by atoms with van der Waals surface area (Å²) in [5.74, 6) is 0.477. The smallest absolute Gasteiger partial charge is 0.289 e. The van der Waals surface area contributed by atoms with Crippen LogP contribution >= 0.6 is 23.2 Å². The predicted octanol–water partition coefficient (Wildman–Crippen LogP) is 3.39. The molecule has 26 heavy (non-hydrogen) atoms. The standard InChI is InChI=1S/C18H18Cl2N2O4/c19-14-4-3-13(10-15(14)20)26-11-17(23)21-12-5-7-22(8-6-12)18(24)16-2-1-9-25-16/h1-4,9-10,12H,5-8,11H2,(H,21,23). The van der Waals surface area contributed by atoms with Gasteiger partial charge in [-0.25, -0.2) is 0 Å². The average Bonchev–Trinajstić information content (AvgIpc) is 3.17. The van der Waals surface area contributed by atoms with Gasteiger partial charge < -0.3 is 19.4 Å². The molecule has 138 valence electrons. The SMILES string of the molecule is O=C(COc1ccc(Cl)c(Cl)c1)NC1CCN(C(=O)c2ccco2)CC1. The van der Waals surface area contributed by atoms with Crippen LogP contribution in [0.15, 0.2) is 41.0 Å². The van der Waals surface area contributed by atoms with Crippen LogP contribution in [0, 0.1) is 0 Å². The lowest BCUT2D eigenvalue weighted by Crippen LogP contribution is -2.47. The van der Waals surface area contributed by atoms with E-state index in [0.717, 1.165) is 0 Å². The first-order valence-electron chi connectivity index (χ1n) is 8.23. The third kappa shape index (κ3) is 4.71. The molecule has 2 amide bonds. The van der Waals surface area contributed by atoms with Crippen molar-refractivity contribution in [3.05, 3.63) is 52.4 Å². The number of amides is 2. The van der Waals surface area contributed by atoms with E-state index in [1.165, 1.54) is 6.26 Å². The van der Waals surface area contributed by atoms with Gasteiger partial charge in [-0.2, -0.15) is 0 Å². The number of piperidine rings is 1. The molecule has 2 aromatic rings. The van der Waals surface area contributed by atoms with Crippen LogP contribution in [0.3, 0.4) is 0 Å². The van der Waals surface area contributed by atoms with Gasteiger partial charge in [-0.3, -0.25) is 9.59 Å². The summed E-state index contributed by atoms with van der Waals surface area (Å²) in [4.78, 5) is 26.0. The van der Waals surface area contributed by atoms with Crippen molar-refractivity contribution in [3.8, 4) is 5.75 Å². The number of ether oxygens (including phenoxy) is 1. The molecule has 1 aliphatic rings. The van der Waals surface area contributed by atoms with Gasteiger partial charge in [0, 0.05) is 25.2 Å². The molecule has 1 saturated heterocycles. The van der Waals surface area contributed by atoms with Crippen LogP contribution in [0.1, 0.15) is 23.4 Å². The number of hydrogen-bond acceptors (Lipinski definition) is 4. The third-order valence-corrected chi connectivity index (χ3v) is 4.88. The molecule has 6 nitrogen and oxygen atoms in total. The lowest BCUT2D eigenvalue weighted by atomic mass is 10.0. The monoisotopic (exact) mass is 396 g/mol. The van der Waals surface area contributed by atoms with Gasteiger partial charge in [0.15, 0.2) is 12.4 Å². The molecule has 3 rings (SSSR count). The minimum atomic E-state index is -0.216. The Morgan fingerprint density at radius 1 is 1.19 bits per heavy atom. The molecule has 0 spiro atoms. The average molecular weight is 397 g/mol. The van der Waals surface area contributed by atoms with E-state index in [2.05, 4.69) is 5.32 Å². The third-order valence-electron chi connectivity index (χ3n) is 4.14. The van der Waals surface area contributed by atoms with Gasteiger partial charge in [-0.15, -0.1) is 0 Å². The summed E-state index contributed by atoms with van der Waals surface area (Å²) in [5.41, 5.74) is 0. The highest BCUT2D eigenvalue weighted by molar-refractivity contribution is 6.42. The molecule has 0 unspecified atom stereocenters. The van der Waals surface area contributed by atoms with E-state index in [9.17, 15) is 9.59 Å². The second-order valence-electron chi connectivity index (χ2n) is 5.98. The molecule has 1 fully saturated rings. The summed E-state index contributed by atoms with van der Waals surface area (Å²) in [6, 6.07) is 8.18. The van der Waals surface area contributed by atoms with Crippen LogP contribution in [0.4, 0.5) is 0 Å². The number of carbonyl (C=O) groups excluding carboxylic acids is 2. The van der Waals surface area contributed by atoms with Crippen LogP contribution in [0.25, 0.3) is 0 Å². The number of furan rings is 1. The second-order valence-corrected chi connectivity index (χ2v) is 6.79. The van der Waals surface area contributed by atoms with E-state index in [1.807, 2.05) is 0 Å². The molecular weight excluding hydrogens is 379 g/mol. The van der Waals surface area contributed by atoms with Crippen LogP contribution in [-0.4, -0.2) is 42.5 Å². The quantitative estimate of drug-likeness (QED) is 0.840. The number of likely N-dealkylation sites (tertiary alicyclic amines) is 1. The topological polar surface area (TPSA) is 71.8 Å². The van der Waals surface area contributed by atoms with Gasteiger partial charge in [0.2, 0.25) is 0 Å². The summed E-state index contributed by atoms with van der Waals surface area (Å²) in [6.45, 7) is 1.03. The first kappa shape index (κ1) is 18.6. The lowest BCUT2D eigenvalue weighted by Gasteiger charge is -2.31. The Labute approximate surface area is 161 Å². The highest BCUT2D eigenvalue weighted by atomic mass is 35.5. The van der Waals surface area contributed by atoms with E-state index in [1.54, 1.807) is 35.2 Å². The van der Waals surface area contributed by atoms with Crippen molar-refractivity contribution in [3.63, 3.8) is 0 Å². The first-order valence-corrected chi connectivity index (χ1v) is 8.98. The highest BCUT2D eigenvalue weighted by Crippen LogP contribution is 2.26. The van der Waals surface area contributed by atoms with E-state index >= 15 is 0 Å².